The molecule has 0 spiro atoms. The van der Waals surface area contributed by atoms with Gasteiger partial charge in [-0.05, 0) is 61.1 Å². The van der Waals surface area contributed by atoms with Crippen LogP contribution in [0.1, 0.15) is 24.4 Å². The predicted octanol–water partition coefficient (Wildman–Crippen LogP) is 2.52. The molecule has 1 saturated carbocycles. The van der Waals surface area contributed by atoms with Gasteiger partial charge in [0.05, 0.1) is 23.0 Å². The second kappa shape index (κ2) is 7.79. The number of aliphatic hydroxyl groups excluding tert-OH is 2. The lowest BCUT2D eigenvalue weighted by molar-refractivity contribution is 0.00545. The fourth-order valence-electron chi connectivity index (χ4n) is 4.74. The van der Waals surface area contributed by atoms with Crippen molar-refractivity contribution in [3.63, 3.8) is 0 Å². The molecule has 3 heterocycles. The second-order valence-corrected chi connectivity index (χ2v) is 8.28. The SMILES string of the molecule is CNc1ccc2cc(CC[C@H]3C[C@@H](n4ccc5c(N)ncnc54)[C@H](O)[C@@H]3O)ccc2n1. The topological polar surface area (TPSA) is 122 Å². The van der Waals surface area contributed by atoms with Crippen LogP contribution in [0.25, 0.3) is 21.9 Å². The van der Waals surface area contributed by atoms with Crippen LogP contribution in [0.5, 0.6) is 0 Å². The number of nitrogen functional groups attached to an aromatic ring is 1. The minimum absolute atomic E-state index is 0.00266. The van der Waals surface area contributed by atoms with E-state index in [0.717, 1.165) is 34.9 Å². The minimum atomic E-state index is -0.849. The average molecular weight is 419 g/mol. The molecule has 4 atom stereocenters. The van der Waals surface area contributed by atoms with Crippen molar-refractivity contribution in [3.05, 3.63) is 54.5 Å². The summed E-state index contributed by atoms with van der Waals surface area (Å²) in [6.45, 7) is 0. The molecule has 8 nitrogen and oxygen atoms in total. The van der Waals surface area contributed by atoms with Gasteiger partial charge < -0.3 is 25.8 Å². The molecule has 0 amide bonds. The molecule has 1 aliphatic rings. The third-order valence-corrected chi connectivity index (χ3v) is 6.48. The Kier molecular flexibility index (Phi) is 4.95. The van der Waals surface area contributed by atoms with Crippen molar-refractivity contribution < 1.29 is 10.2 Å². The first kappa shape index (κ1) is 19.7. The molecule has 31 heavy (non-hydrogen) atoms. The lowest BCUT2D eigenvalue weighted by Gasteiger charge is -2.19. The highest BCUT2D eigenvalue weighted by Gasteiger charge is 2.42. The Balaban J connectivity index is 1.32. The van der Waals surface area contributed by atoms with Crippen molar-refractivity contribution in [1.29, 1.82) is 0 Å². The number of aliphatic hydroxyl groups is 2. The van der Waals surface area contributed by atoms with Crippen LogP contribution in [-0.2, 0) is 6.42 Å². The highest BCUT2D eigenvalue weighted by atomic mass is 16.3. The van der Waals surface area contributed by atoms with Crippen molar-refractivity contribution in [1.82, 2.24) is 19.5 Å². The van der Waals surface area contributed by atoms with Crippen LogP contribution in [0.3, 0.4) is 0 Å². The van der Waals surface area contributed by atoms with E-state index in [0.29, 0.717) is 17.9 Å². The smallest absolute Gasteiger partial charge is 0.145 e. The number of aromatic nitrogens is 4. The van der Waals surface area contributed by atoms with Crippen LogP contribution >= 0.6 is 0 Å². The molecule has 5 rings (SSSR count). The number of rotatable bonds is 5. The molecule has 0 aliphatic heterocycles. The fraction of sp³-hybridized carbons (Fsp3) is 0.348. The van der Waals surface area contributed by atoms with Crippen LogP contribution in [0, 0.1) is 5.92 Å². The summed E-state index contributed by atoms with van der Waals surface area (Å²) in [6.07, 6.45) is 3.97. The van der Waals surface area contributed by atoms with Crippen molar-refractivity contribution in [3.8, 4) is 0 Å². The first-order valence-electron chi connectivity index (χ1n) is 10.6. The summed E-state index contributed by atoms with van der Waals surface area (Å²) in [5.74, 6) is 1.26. The van der Waals surface area contributed by atoms with Gasteiger partial charge in [0, 0.05) is 18.6 Å². The summed E-state index contributed by atoms with van der Waals surface area (Å²) in [7, 11) is 1.86. The zero-order valence-corrected chi connectivity index (χ0v) is 17.3. The number of anilines is 2. The lowest BCUT2D eigenvalue weighted by Crippen LogP contribution is -2.29. The molecule has 1 fully saturated rings. The number of benzene rings is 1. The number of aryl methyl sites for hydroxylation is 1. The molecule has 8 heteroatoms. The number of nitrogens with two attached hydrogens (primary N) is 1. The zero-order chi connectivity index (χ0) is 21.5. The number of fused-ring (bicyclic) bond motifs is 2. The van der Waals surface area contributed by atoms with Crippen molar-refractivity contribution in [2.24, 2.45) is 5.92 Å². The van der Waals surface area contributed by atoms with Crippen molar-refractivity contribution in [2.45, 2.75) is 37.5 Å². The van der Waals surface area contributed by atoms with Crippen molar-refractivity contribution >= 4 is 33.6 Å². The molecular weight excluding hydrogens is 392 g/mol. The van der Waals surface area contributed by atoms with Gasteiger partial charge in [-0.15, -0.1) is 0 Å². The highest BCUT2D eigenvalue weighted by molar-refractivity contribution is 5.86. The first-order valence-corrected chi connectivity index (χ1v) is 10.6. The van der Waals surface area contributed by atoms with Gasteiger partial charge in [0.2, 0.25) is 0 Å². The maximum absolute atomic E-state index is 10.8. The maximum Gasteiger partial charge on any atom is 0.145 e. The third kappa shape index (κ3) is 3.47. The van der Waals surface area contributed by atoms with Gasteiger partial charge in [0.25, 0.3) is 0 Å². The molecule has 160 valence electrons. The van der Waals surface area contributed by atoms with Crippen LogP contribution in [0.15, 0.2) is 48.9 Å². The van der Waals surface area contributed by atoms with Gasteiger partial charge in [-0.3, -0.25) is 0 Å². The lowest BCUT2D eigenvalue weighted by atomic mass is 9.95. The van der Waals surface area contributed by atoms with Gasteiger partial charge in [-0.2, -0.15) is 0 Å². The predicted molar refractivity (Wildman–Crippen MR) is 121 cm³/mol. The Morgan fingerprint density at radius 2 is 2.00 bits per heavy atom. The molecule has 0 bridgehead atoms. The Bertz CT molecular complexity index is 1240. The second-order valence-electron chi connectivity index (χ2n) is 8.28. The Hall–Kier alpha value is -3.23. The van der Waals surface area contributed by atoms with Crippen molar-refractivity contribution in [2.75, 3.05) is 18.1 Å². The van der Waals surface area contributed by atoms with Gasteiger partial charge in [0.1, 0.15) is 29.7 Å². The molecule has 1 aliphatic carbocycles. The number of nitrogens with zero attached hydrogens (tertiary/aromatic N) is 4. The van der Waals surface area contributed by atoms with Crippen LogP contribution < -0.4 is 11.1 Å². The summed E-state index contributed by atoms with van der Waals surface area (Å²) in [5, 5.41) is 26.4. The first-order chi connectivity index (χ1) is 15.0. The Morgan fingerprint density at radius 3 is 2.84 bits per heavy atom. The van der Waals surface area contributed by atoms with Crippen LogP contribution in [-0.4, -0.2) is 49.0 Å². The van der Waals surface area contributed by atoms with Gasteiger partial charge >= 0.3 is 0 Å². The molecule has 0 saturated heterocycles. The Morgan fingerprint density at radius 1 is 1.13 bits per heavy atom. The summed E-state index contributed by atoms with van der Waals surface area (Å²) in [5.41, 5.74) is 8.78. The van der Waals surface area contributed by atoms with Gasteiger partial charge in [-0.1, -0.05) is 6.07 Å². The molecule has 0 unspecified atom stereocenters. The average Bonchev–Trinajstić information content (AvgIpc) is 3.34. The highest BCUT2D eigenvalue weighted by Crippen LogP contribution is 2.39. The molecule has 4 aromatic rings. The van der Waals surface area contributed by atoms with E-state index < -0.39 is 12.2 Å². The zero-order valence-electron chi connectivity index (χ0n) is 17.3. The molecular formula is C23H26N6O2. The number of pyridine rings is 1. The van der Waals surface area contributed by atoms with E-state index >= 15 is 0 Å². The van der Waals surface area contributed by atoms with E-state index in [1.807, 2.05) is 36.0 Å². The molecule has 0 radical (unpaired) electrons. The summed E-state index contributed by atoms with van der Waals surface area (Å²) < 4.78 is 1.92. The standard InChI is InChI=1S/C23H26N6O2/c1-25-19-7-5-14-10-13(3-6-17(14)28-19)2-4-15-11-18(21(31)20(15)30)29-9-8-16-22(24)26-12-27-23(16)29/h3,5-10,12,15,18,20-21,30-31H,2,4,11H2,1H3,(H,25,28)(H2,24,26,27)/t15-,18+,20+,21-/m0/s1. The quantitative estimate of drug-likeness (QED) is 0.393. The Labute approximate surface area is 179 Å². The summed E-state index contributed by atoms with van der Waals surface area (Å²) >= 11 is 0. The fourth-order valence-corrected chi connectivity index (χ4v) is 4.74. The third-order valence-electron chi connectivity index (χ3n) is 6.48. The van der Waals surface area contributed by atoms with Gasteiger partial charge in [-0.25, -0.2) is 15.0 Å². The molecule has 3 aromatic heterocycles. The normalized spacial score (nSPS) is 23.6. The number of nitrogens with one attached hydrogen (secondary N) is 1. The monoisotopic (exact) mass is 418 g/mol. The number of hydrogen-bond acceptors (Lipinski definition) is 7. The maximum atomic E-state index is 10.8. The van der Waals surface area contributed by atoms with Crippen LogP contribution in [0.2, 0.25) is 0 Å². The van der Waals surface area contributed by atoms with E-state index in [2.05, 4.69) is 38.5 Å². The number of hydrogen-bond donors (Lipinski definition) is 4. The van der Waals surface area contributed by atoms with Gasteiger partial charge in [0.15, 0.2) is 0 Å². The molecule has 5 N–H and O–H groups in total. The van der Waals surface area contributed by atoms with E-state index in [9.17, 15) is 10.2 Å². The van der Waals surface area contributed by atoms with E-state index in [-0.39, 0.29) is 12.0 Å². The summed E-state index contributed by atoms with van der Waals surface area (Å²) in [6, 6.07) is 11.9. The largest absolute Gasteiger partial charge is 0.390 e. The van der Waals surface area contributed by atoms with Crippen LogP contribution in [0.4, 0.5) is 11.6 Å². The minimum Gasteiger partial charge on any atom is -0.390 e. The van der Waals surface area contributed by atoms with E-state index in [1.165, 1.54) is 11.9 Å². The summed E-state index contributed by atoms with van der Waals surface area (Å²) in [4.78, 5) is 12.9. The van der Waals surface area contributed by atoms with E-state index in [1.54, 1.807) is 0 Å². The molecule has 1 aromatic carbocycles. The van der Waals surface area contributed by atoms with E-state index in [4.69, 9.17) is 5.73 Å².